The Bertz CT molecular complexity index is 838. The Morgan fingerprint density at radius 3 is 2.75 bits per heavy atom. The van der Waals surface area contributed by atoms with E-state index in [0.29, 0.717) is 24.1 Å². The van der Waals surface area contributed by atoms with Crippen molar-refractivity contribution in [3.8, 4) is 0 Å². The van der Waals surface area contributed by atoms with Crippen LogP contribution >= 0.6 is 0 Å². The number of imide groups is 1. The van der Waals surface area contributed by atoms with Gasteiger partial charge in [-0.3, -0.25) is 24.6 Å². The fourth-order valence-electron chi connectivity index (χ4n) is 5.18. The minimum Gasteiger partial charge on any atom is -0.322 e. The molecule has 4 heterocycles. The van der Waals surface area contributed by atoms with Gasteiger partial charge in [-0.1, -0.05) is 18.6 Å². The highest BCUT2D eigenvalue weighted by molar-refractivity contribution is 6.05. The lowest BCUT2D eigenvalue weighted by molar-refractivity contribution is -0.136. The first-order valence-electron chi connectivity index (χ1n) is 10.3. The van der Waals surface area contributed by atoms with Gasteiger partial charge in [0, 0.05) is 43.7 Å². The smallest absolute Gasteiger partial charge is 0.255 e. The molecule has 1 aromatic rings. The number of benzene rings is 1. The van der Waals surface area contributed by atoms with E-state index in [1.54, 1.807) is 4.90 Å². The van der Waals surface area contributed by atoms with Crippen LogP contribution in [0.5, 0.6) is 0 Å². The van der Waals surface area contributed by atoms with Crippen molar-refractivity contribution < 1.29 is 14.4 Å². The van der Waals surface area contributed by atoms with Gasteiger partial charge in [0.1, 0.15) is 6.04 Å². The Morgan fingerprint density at radius 1 is 1.14 bits per heavy atom. The summed E-state index contributed by atoms with van der Waals surface area (Å²) in [6.45, 7) is 4.55. The van der Waals surface area contributed by atoms with Crippen molar-refractivity contribution in [2.24, 2.45) is 0 Å². The van der Waals surface area contributed by atoms with Crippen LogP contribution in [0.25, 0.3) is 0 Å². The van der Waals surface area contributed by atoms with Gasteiger partial charge in [-0.25, -0.2) is 0 Å². The minimum atomic E-state index is -0.548. The number of hydrogen-bond donors (Lipinski definition) is 2. The fourth-order valence-corrected chi connectivity index (χ4v) is 5.18. The van der Waals surface area contributed by atoms with Crippen molar-refractivity contribution in [2.75, 3.05) is 19.6 Å². The summed E-state index contributed by atoms with van der Waals surface area (Å²) >= 11 is 0. The molecule has 0 aromatic heterocycles. The molecule has 1 atom stereocenters. The lowest BCUT2D eigenvalue weighted by Crippen LogP contribution is -2.69. The van der Waals surface area contributed by atoms with Gasteiger partial charge in [-0.15, -0.1) is 0 Å². The average Bonchev–Trinajstić information content (AvgIpc) is 2.98. The lowest BCUT2D eigenvalue weighted by Gasteiger charge is -2.53. The summed E-state index contributed by atoms with van der Waals surface area (Å²) in [6, 6.07) is 5.55. The molecule has 4 aliphatic heterocycles. The van der Waals surface area contributed by atoms with Crippen LogP contribution in [0.15, 0.2) is 18.2 Å². The van der Waals surface area contributed by atoms with Gasteiger partial charge in [0.2, 0.25) is 11.8 Å². The van der Waals surface area contributed by atoms with E-state index < -0.39 is 6.04 Å². The summed E-state index contributed by atoms with van der Waals surface area (Å²) in [4.78, 5) is 40.5. The molecule has 3 amide bonds. The first-order valence-corrected chi connectivity index (χ1v) is 10.3. The minimum absolute atomic E-state index is 0.0969. The third-order valence-corrected chi connectivity index (χ3v) is 6.63. The van der Waals surface area contributed by atoms with E-state index in [9.17, 15) is 14.4 Å². The normalized spacial score (nSPS) is 26.9. The quantitative estimate of drug-likeness (QED) is 0.755. The standard InChI is InChI=1S/C21H26N4O3/c26-18-6-5-17(19(27)23-18)25-11-15-4-3-14(9-16(15)20(25)28)10-24-12-21(13-24)7-1-2-8-22-21/h3-4,9,17,22H,1-2,5-8,10-13H2,(H,23,26,27). The molecule has 148 valence electrons. The Morgan fingerprint density at radius 2 is 2.00 bits per heavy atom. The second-order valence-electron chi connectivity index (χ2n) is 8.70. The molecular weight excluding hydrogens is 356 g/mol. The molecule has 0 bridgehead atoms. The van der Waals surface area contributed by atoms with Crippen LogP contribution in [0.1, 0.15) is 53.6 Å². The molecule has 0 saturated carbocycles. The van der Waals surface area contributed by atoms with Crippen molar-refractivity contribution in [3.05, 3.63) is 34.9 Å². The molecule has 3 saturated heterocycles. The highest BCUT2D eigenvalue weighted by Crippen LogP contribution is 2.32. The zero-order chi connectivity index (χ0) is 19.3. The predicted molar refractivity (Wildman–Crippen MR) is 102 cm³/mol. The number of rotatable bonds is 3. The van der Waals surface area contributed by atoms with Gasteiger partial charge >= 0.3 is 0 Å². The maximum atomic E-state index is 12.9. The van der Waals surface area contributed by atoms with Gasteiger partial charge in [-0.2, -0.15) is 0 Å². The summed E-state index contributed by atoms with van der Waals surface area (Å²) in [5.74, 6) is -0.712. The highest BCUT2D eigenvalue weighted by Gasteiger charge is 2.43. The van der Waals surface area contributed by atoms with Crippen LogP contribution in [-0.2, 0) is 22.7 Å². The number of amides is 3. The van der Waals surface area contributed by atoms with Crippen molar-refractivity contribution in [3.63, 3.8) is 0 Å². The van der Waals surface area contributed by atoms with Gasteiger partial charge < -0.3 is 10.2 Å². The molecule has 28 heavy (non-hydrogen) atoms. The number of piperidine rings is 2. The monoisotopic (exact) mass is 382 g/mol. The number of carbonyl (C=O) groups excluding carboxylic acids is 3. The zero-order valence-electron chi connectivity index (χ0n) is 16.0. The molecule has 2 N–H and O–H groups in total. The molecular formula is C21H26N4O3. The van der Waals surface area contributed by atoms with Crippen LogP contribution in [0.4, 0.5) is 0 Å². The number of nitrogens with one attached hydrogen (secondary N) is 2. The largest absolute Gasteiger partial charge is 0.322 e. The van der Waals surface area contributed by atoms with Gasteiger partial charge in [0.15, 0.2) is 0 Å². The maximum Gasteiger partial charge on any atom is 0.255 e. The summed E-state index contributed by atoms with van der Waals surface area (Å²) in [7, 11) is 0. The summed E-state index contributed by atoms with van der Waals surface area (Å²) < 4.78 is 0. The summed E-state index contributed by atoms with van der Waals surface area (Å²) in [5.41, 5.74) is 3.12. The zero-order valence-corrected chi connectivity index (χ0v) is 16.0. The van der Waals surface area contributed by atoms with E-state index in [0.717, 1.165) is 37.3 Å². The van der Waals surface area contributed by atoms with E-state index in [1.807, 2.05) is 12.1 Å². The molecule has 1 unspecified atom stereocenters. The topological polar surface area (TPSA) is 81.8 Å². The Kier molecular flexibility index (Phi) is 4.25. The summed E-state index contributed by atoms with van der Waals surface area (Å²) in [5, 5.41) is 6.03. The van der Waals surface area contributed by atoms with E-state index >= 15 is 0 Å². The average molecular weight is 382 g/mol. The van der Waals surface area contributed by atoms with E-state index in [1.165, 1.54) is 19.3 Å². The first kappa shape index (κ1) is 17.8. The highest BCUT2D eigenvalue weighted by atomic mass is 16.2. The molecule has 3 fully saturated rings. The molecule has 7 nitrogen and oxygen atoms in total. The molecule has 0 radical (unpaired) electrons. The van der Waals surface area contributed by atoms with E-state index in [2.05, 4.69) is 21.6 Å². The van der Waals surface area contributed by atoms with Gasteiger partial charge in [0.25, 0.3) is 5.91 Å². The second kappa shape index (κ2) is 6.67. The lowest BCUT2D eigenvalue weighted by atomic mass is 9.81. The van der Waals surface area contributed by atoms with Crippen molar-refractivity contribution in [2.45, 2.75) is 56.8 Å². The van der Waals surface area contributed by atoms with Crippen LogP contribution in [-0.4, -0.2) is 58.7 Å². The molecule has 7 heteroatoms. The maximum absolute atomic E-state index is 12.9. The SMILES string of the molecule is O=C1CCC(N2Cc3ccc(CN4CC5(CCCCN5)C4)cc3C2=O)C(=O)N1. The third kappa shape index (κ3) is 3.02. The number of nitrogens with zero attached hydrogens (tertiary/aromatic N) is 2. The van der Waals surface area contributed by atoms with Crippen molar-refractivity contribution in [1.29, 1.82) is 0 Å². The molecule has 5 rings (SSSR count). The second-order valence-corrected chi connectivity index (χ2v) is 8.70. The number of carbonyl (C=O) groups is 3. The Balaban J connectivity index is 1.25. The number of hydrogen-bond acceptors (Lipinski definition) is 5. The van der Waals surface area contributed by atoms with Gasteiger partial charge in [0.05, 0.1) is 0 Å². The summed E-state index contributed by atoms with van der Waals surface area (Å²) in [6.07, 6.45) is 4.53. The molecule has 1 spiro atoms. The van der Waals surface area contributed by atoms with Crippen LogP contribution in [0, 0.1) is 0 Å². The number of likely N-dealkylation sites (tertiary alicyclic amines) is 1. The van der Waals surface area contributed by atoms with Crippen LogP contribution in [0.2, 0.25) is 0 Å². The van der Waals surface area contributed by atoms with Gasteiger partial charge in [-0.05, 0) is 43.0 Å². The molecule has 4 aliphatic rings. The Hall–Kier alpha value is -2.25. The fraction of sp³-hybridized carbons (Fsp3) is 0.571. The molecule has 0 aliphatic carbocycles. The van der Waals surface area contributed by atoms with E-state index in [-0.39, 0.29) is 24.1 Å². The first-order chi connectivity index (χ1) is 13.5. The predicted octanol–water partition coefficient (Wildman–Crippen LogP) is 0.776. The third-order valence-electron chi connectivity index (χ3n) is 6.63. The van der Waals surface area contributed by atoms with Crippen molar-refractivity contribution >= 4 is 17.7 Å². The Labute approximate surface area is 164 Å². The van der Waals surface area contributed by atoms with Crippen molar-refractivity contribution in [1.82, 2.24) is 20.4 Å². The number of fused-ring (bicyclic) bond motifs is 1. The van der Waals surface area contributed by atoms with Crippen LogP contribution in [0.3, 0.4) is 0 Å². The van der Waals surface area contributed by atoms with E-state index in [4.69, 9.17) is 0 Å². The van der Waals surface area contributed by atoms with Crippen LogP contribution < -0.4 is 10.6 Å². The molecule has 1 aromatic carbocycles.